The molecule has 0 aromatic heterocycles. The smallest absolute Gasteiger partial charge is 0.240 e. The molecule has 0 aliphatic carbocycles. The van der Waals surface area contributed by atoms with Gasteiger partial charge in [-0.05, 0) is 53.1 Å². The van der Waals surface area contributed by atoms with Gasteiger partial charge in [0, 0.05) is 29.0 Å². The number of Topliss-reactive ketones (excluding diaryl/α,β-unsaturated/α-hetero) is 1. The van der Waals surface area contributed by atoms with Gasteiger partial charge in [-0.15, -0.1) is 0 Å². The first-order valence-electron chi connectivity index (χ1n) is 11.5. The number of nitrogens with zero attached hydrogens (tertiary/aromatic N) is 1. The minimum atomic E-state index is -1.21. The average Bonchev–Trinajstić information content (AvgIpc) is 2.88. The molecular formula is C29H25ClN2O3. The maximum absolute atomic E-state index is 13.9. The number of carbonyl (C=O) groups is 2. The van der Waals surface area contributed by atoms with Crippen LogP contribution in [0.3, 0.4) is 0 Å². The van der Waals surface area contributed by atoms with Crippen LogP contribution in [-0.2, 0) is 16.0 Å². The predicted molar refractivity (Wildman–Crippen MR) is 140 cm³/mol. The lowest BCUT2D eigenvalue weighted by Gasteiger charge is -2.36. The summed E-state index contributed by atoms with van der Waals surface area (Å²) in [4.78, 5) is 28.6. The quantitative estimate of drug-likeness (QED) is 0.359. The molecule has 1 amide bonds. The number of amides is 1. The lowest BCUT2D eigenvalue weighted by molar-refractivity contribution is -0.138. The van der Waals surface area contributed by atoms with E-state index in [-0.39, 0.29) is 5.78 Å². The average molecular weight is 485 g/mol. The highest BCUT2D eigenvalue weighted by Crippen LogP contribution is 2.38. The van der Waals surface area contributed by atoms with E-state index in [1.807, 2.05) is 60.7 Å². The molecule has 5 nitrogen and oxygen atoms in total. The summed E-state index contributed by atoms with van der Waals surface area (Å²) in [5, 5.41) is 17.2. The van der Waals surface area contributed by atoms with Gasteiger partial charge < -0.3 is 15.3 Å². The fourth-order valence-corrected chi connectivity index (χ4v) is 4.86. The molecule has 1 aliphatic heterocycles. The number of hydrogen-bond acceptors (Lipinski definition) is 4. The Kier molecular flexibility index (Phi) is 6.29. The number of carbonyl (C=O) groups excluding carboxylic acids is 2. The molecule has 0 saturated heterocycles. The molecule has 0 saturated carbocycles. The standard InChI is InChI=1S/C29H25ClN2O3/c1-32-25-9-5-4-8-23(25)27(33)26(29(32)35)28(34)24(16-18-10-13-21(30)14-11-18)31-22-15-12-19-6-2-3-7-20(19)17-22/h2-15,17,24,26-27,31,33H,16H2,1H3. The van der Waals surface area contributed by atoms with E-state index in [2.05, 4.69) is 5.32 Å². The molecule has 0 radical (unpaired) electrons. The summed E-state index contributed by atoms with van der Waals surface area (Å²) in [6.07, 6.45) is -0.876. The number of anilines is 2. The number of halogens is 1. The third-order valence-electron chi connectivity index (χ3n) is 6.62. The Morgan fingerprint density at radius 1 is 0.971 bits per heavy atom. The van der Waals surface area contributed by atoms with Crippen molar-refractivity contribution < 1.29 is 14.7 Å². The van der Waals surface area contributed by atoms with Gasteiger partial charge in [0.25, 0.3) is 0 Å². The zero-order chi connectivity index (χ0) is 24.5. The Balaban J connectivity index is 1.50. The van der Waals surface area contributed by atoms with E-state index in [0.29, 0.717) is 22.7 Å². The highest BCUT2D eigenvalue weighted by atomic mass is 35.5. The second-order valence-corrected chi connectivity index (χ2v) is 9.31. The number of fused-ring (bicyclic) bond motifs is 2. The van der Waals surface area contributed by atoms with E-state index in [1.54, 1.807) is 37.4 Å². The zero-order valence-corrected chi connectivity index (χ0v) is 19.9. The summed E-state index contributed by atoms with van der Waals surface area (Å²) in [5.41, 5.74) is 2.85. The fourth-order valence-electron chi connectivity index (χ4n) is 4.74. The highest BCUT2D eigenvalue weighted by molar-refractivity contribution is 6.30. The van der Waals surface area contributed by atoms with Crippen molar-refractivity contribution in [3.05, 3.63) is 107 Å². The predicted octanol–water partition coefficient (Wildman–Crippen LogP) is 5.41. The number of rotatable bonds is 6. The van der Waals surface area contributed by atoms with Gasteiger partial charge >= 0.3 is 0 Å². The van der Waals surface area contributed by atoms with Gasteiger partial charge in [0.2, 0.25) is 5.91 Å². The van der Waals surface area contributed by atoms with Crippen LogP contribution in [0.4, 0.5) is 11.4 Å². The molecule has 176 valence electrons. The van der Waals surface area contributed by atoms with E-state index in [9.17, 15) is 14.7 Å². The number of hydrogen-bond donors (Lipinski definition) is 2. The van der Waals surface area contributed by atoms with E-state index < -0.39 is 24.0 Å². The number of aliphatic hydroxyl groups is 1. The van der Waals surface area contributed by atoms with Gasteiger partial charge in [0.05, 0.1) is 12.1 Å². The van der Waals surface area contributed by atoms with Crippen LogP contribution in [-0.4, -0.2) is 29.9 Å². The van der Waals surface area contributed by atoms with Crippen LogP contribution in [0, 0.1) is 5.92 Å². The number of para-hydroxylation sites is 1. The van der Waals surface area contributed by atoms with Crippen molar-refractivity contribution in [2.24, 2.45) is 5.92 Å². The Bertz CT molecular complexity index is 1400. The molecule has 4 aromatic rings. The molecule has 1 heterocycles. The van der Waals surface area contributed by atoms with Crippen LogP contribution >= 0.6 is 11.6 Å². The molecule has 5 rings (SSSR count). The molecule has 1 aliphatic rings. The van der Waals surface area contributed by atoms with Gasteiger partial charge in [-0.2, -0.15) is 0 Å². The summed E-state index contributed by atoms with van der Waals surface area (Å²) in [7, 11) is 1.64. The molecule has 35 heavy (non-hydrogen) atoms. The summed E-state index contributed by atoms with van der Waals surface area (Å²) < 4.78 is 0. The Labute approximate surface area is 209 Å². The van der Waals surface area contributed by atoms with Gasteiger partial charge in [-0.25, -0.2) is 0 Å². The van der Waals surface area contributed by atoms with Crippen molar-refractivity contribution in [3.8, 4) is 0 Å². The second-order valence-electron chi connectivity index (χ2n) is 8.87. The first kappa shape index (κ1) is 23.1. The Morgan fingerprint density at radius 3 is 2.43 bits per heavy atom. The van der Waals surface area contributed by atoms with Gasteiger partial charge in [0.15, 0.2) is 5.78 Å². The van der Waals surface area contributed by atoms with Crippen LogP contribution in [0.2, 0.25) is 5.02 Å². The van der Waals surface area contributed by atoms with Crippen molar-refractivity contribution in [2.45, 2.75) is 18.6 Å². The Hall–Kier alpha value is -3.67. The van der Waals surface area contributed by atoms with E-state index in [0.717, 1.165) is 22.0 Å². The van der Waals surface area contributed by atoms with Crippen LogP contribution in [0.15, 0.2) is 91.0 Å². The summed E-state index contributed by atoms with van der Waals surface area (Å²) in [6, 6.07) is 27.6. The van der Waals surface area contributed by atoms with Crippen molar-refractivity contribution in [1.29, 1.82) is 0 Å². The van der Waals surface area contributed by atoms with Crippen molar-refractivity contribution in [3.63, 3.8) is 0 Å². The van der Waals surface area contributed by atoms with Crippen molar-refractivity contribution in [1.82, 2.24) is 0 Å². The lowest BCUT2D eigenvalue weighted by atomic mass is 9.82. The van der Waals surface area contributed by atoms with Gasteiger partial charge in [0.1, 0.15) is 5.92 Å². The molecule has 0 spiro atoms. The zero-order valence-electron chi connectivity index (χ0n) is 19.2. The molecule has 2 N–H and O–H groups in total. The first-order chi connectivity index (χ1) is 16.9. The summed E-state index contributed by atoms with van der Waals surface area (Å²) in [5.74, 6) is -1.98. The molecule has 3 atom stereocenters. The first-order valence-corrected chi connectivity index (χ1v) is 11.9. The molecule has 0 bridgehead atoms. The van der Waals surface area contributed by atoms with Crippen LogP contribution < -0.4 is 10.2 Å². The minimum Gasteiger partial charge on any atom is -0.387 e. The monoisotopic (exact) mass is 484 g/mol. The minimum absolute atomic E-state index is 0.338. The maximum atomic E-state index is 13.9. The SMILES string of the molecule is CN1C(=O)C(C(=O)C(Cc2ccc(Cl)cc2)Nc2ccc3ccccc3c2)C(O)c2ccccc21. The van der Waals surface area contributed by atoms with E-state index in [1.165, 1.54) is 4.90 Å². The van der Waals surface area contributed by atoms with Gasteiger partial charge in [-0.1, -0.05) is 72.3 Å². The number of aliphatic hydroxyl groups excluding tert-OH is 1. The normalized spacial score (nSPS) is 18.3. The fraction of sp³-hybridized carbons (Fsp3) is 0.172. The van der Waals surface area contributed by atoms with Crippen LogP contribution in [0.1, 0.15) is 17.2 Å². The van der Waals surface area contributed by atoms with E-state index >= 15 is 0 Å². The molecular weight excluding hydrogens is 460 g/mol. The summed E-state index contributed by atoms with van der Waals surface area (Å²) >= 11 is 6.05. The lowest BCUT2D eigenvalue weighted by Crippen LogP contribution is -2.49. The topological polar surface area (TPSA) is 69.6 Å². The molecule has 0 fully saturated rings. The third-order valence-corrected chi connectivity index (χ3v) is 6.87. The Morgan fingerprint density at radius 2 is 1.66 bits per heavy atom. The maximum Gasteiger partial charge on any atom is 0.240 e. The largest absolute Gasteiger partial charge is 0.387 e. The molecule has 6 heteroatoms. The highest BCUT2D eigenvalue weighted by Gasteiger charge is 2.44. The van der Waals surface area contributed by atoms with Crippen LogP contribution in [0.5, 0.6) is 0 Å². The van der Waals surface area contributed by atoms with Crippen molar-refractivity contribution in [2.75, 3.05) is 17.3 Å². The number of nitrogens with one attached hydrogen (secondary N) is 1. The number of benzene rings is 4. The third kappa shape index (κ3) is 4.53. The second kappa shape index (κ2) is 9.53. The van der Waals surface area contributed by atoms with Gasteiger partial charge in [-0.3, -0.25) is 9.59 Å². The molecule has 4 aromatic carbocycles. The van der Waals surface area contributed by atoms with E-state index in [4.69, 9.17) is 11.6 Å². The molecule has 3 unspecified atom stereocenters. The van der Waals surface area contributed by atoms with Crippen molar-refractivity contribution >= 4 is 45.4 Å². The van der Waals surface area contributed by atoms with Crippen LogP contribution in [0.25, 0.3) is 10.8 Å². The summed E-state index contributed by atoms with van der Waals surface area (Å²) in [6.45, 7) is 0. The number of ketones is 1.